The lowest BCUT2D eigenvalue weighted by Crippen LogP contribution is -2.00. The van der Waals surface area contributed by atoms with Crippen molar-refractivity contribution < 1.29 is 9.13 Å². The van der Waals surface area contributed by atoms with E-state index in [1.54, 1.807) is 35.0 Å². The smallest absolute Gasteiger partial charge is 0.165 e. The van der Waals surface area contributed by atoms with E-state index in [0.29, 0.717) is 22.5 Å². The summed E-state index contributed by atoms with van der Waals surface area (Å²) in [7, 11) is 1.40. The number of nitrogen functional groups attached to an aromatic ring is 1. The quantitative estimate of drug-likeness (QED) is 0.602. The van der Waals surface area contributed by atoms with Crippen LogP contribution in [0.4, 0.5) is 10.2 Å². The molecule has 0 saturated heterocycles. The minimum absolute atomic E-state index is 0.0718. The molecule has 0 fully saturated rings. The van der Waals surface area contributed by atoms with Gasteiger partial charge in [0.2, 0.25) is 0 Å². The summed E-state index contributed by atoms with van der Waals surface area (Å²) in [4.78, 5) is 8.42. The van der Waals surface area contributed by atoms with Crippen LogP contribution in [0.25, 0.3) is 28.0 Å². The van der Waals surface area contributed by atoms with Crippen molar-refractivity contribution in [3.8, 4) is 34.2 Å². The molecule has 0 aliphatic rings. The molecule has 0 bridgehead atoms. The third kappa shape index (κ3) is 2.81. The minimum atomic E-state index is -0.508. The van der Waals surface area contributed by atoms with Crippen molar-refractivity contribution in [2.45, 2.75) is 0 Å². The topological polar surface area (TPSA) is 102 Å². The number of fused-ring (bicyclic) bond motifs is 1. The summed E-state index contributed by atoms with van der Waals surface area (Å²) in [6, 6.07) is 11.9. The first-order valence-electron chi connectivity index (χ1n) is 7.95. The van der Waals surface area contributed by atoms with Gasteiger partial charge in [0, 0.05) is 17.3 Å². The Morgan fingerprint density at radius 1 is 1.19 bits per heavy atom. The monoisotopic (exact) mass is 360 g/mol. The fourth-order valence-corrected chi connectivity index (χ4v) is 2.87. The standard InChI is InChI=1S/C19H13FN6O/c1-27-17-3-2-12(6-15(17)20)16-8-13(14(9-21)19(22)25-16)11-4-5-26-18(7-11)23-10-24-26/h2-8,10H,1H3,(H2,22,25). The van der Waals surface area contributed by atoms with Gasteiger partial charge in [-0.3, -0.25) is 0 Å². The van der Waals surface area contributed by atoms with E-state index in [1.807, 2.05) is 0 Å². The second-order valence-corrected chi connectivity index (χ2v) is 5.75. The van der Waals surface area contributed by atoms with Crippen LogP contribution in [0.3, 0.4) is 0 Å². The molecular weight excluding hydrogens is 347 g/mol. The Hall–Kier alpha value is -3.99. The summed E-state index contributed by atoms with van der Waals surface area (Å²) in [5, 5.41) is 13.6. The van der Waals surface area contributed by atoms with E-state index in [-0.39, 0.29) is 17.1 Å². The highest BCUT2D eigenvalue weighted by molar-refractivity contribution is 5.81. The Morgan fingerprint density at radius 3 is 2.78 bits per heavy atom. The van der Waals surface area contributed by atoms with Gasteiger partial charge >= 0.3 is 0 Å². The van der Waals surface area contributed by atoms with Crippen molar-refractivity contribution in [1.29, 1.82) is 5.26 Å². The van der Waals surface area contributed by atoms with Crippen LogP contribution in [0, 0.1) is 17.1 Å². The number of pyridine rings is 2. The average molecular weight is 360 g/mol. The highest BCUT2D eigenvalue weighted by atomic mass is 19.1. The van der Waals surface area contributed by atoms with Gasteiger partial charge in [0.05, 0.1) is 12.8 Å². The van der Waals surface area contributed by atoms with Crippen molar-refractivity contribution in [2.24, 2.45) is 0 Å². The molecule has 27 heavy (non-hydrogen) atoms. The molecule has 8 heteroatoms. The van der Waals surface area contributed by atoms with Crippen molar-refractivity contribution in [1.82, 2.24) is 19.6 Å². The lowest BCUT2D eigenvalue weighted by molar-refractivity contribution is 0.386. The maximum atomic E-state index is 14.1. The van der Waals surface area contributed by atoms with Gasteiger partial charge in [-0.1, -0.05) is 0 Å². The van der Waals surface area contributed by atoms with Gasteiger partial charge < -0.3 is 10.5 Å². The molecule has 7 nitrogen and oxygen atoms in total. The highest BCUT2D eigenvalue weighted by Crippen LogP contribution is 2.32. The third-order valence-corrected chi connectivity index (χ3v) is 4.20. The molecule has 132 valence electrons. The molecule has 1 aromatic carbocycles. The fraction of sp³-hybridized carbons (Fsp3) is 0.0526. The second-order valence-electron chi connectivity index (χ2n) is 5.75. The van der Waals surface area contributed by atoms with E-state index in [2.05, 4.69) is 21.1 Å². The van der Waals surface area contributed by atoms with Crippen molar-refractivity contribution >= 4 is 11.5 Å². The number of hydrogen-bond acceptors (Lipinski definition) is 6. The maximum absolute atomic E-state index is 14.1. The molecule has 0 spiro atoms. The number of nitrogens with two attached hydrogens (primary N) is 1. The molecule has 3 aromatic heterocycles. The first-order valence-corrected chi connectivity index (χ1v) is 7.95. The normalized spacial score (nSPS) is 10.7. The Balaban J connectivity index is 1.91. The summed E-state index contributed by atoms with van der Waals surface area (Å²) in [6.07, 6.45) is 3.18. The number of halogens is 1. The summed E-state index contributed by atoms with van der Waals surface area (Å²) >= 11 is 0. The van der Waals surface area contributed by atoms with Gasteiger partial charge in [0.25, 0.3) is 0 Å². The summed E-state index contributed by atoms with van der Waals surface area (Å²) in [5.41, 5.74) is 9.17. The number of nitrogens with zero attached hydrogens (tertiary/aromatic N) is 5. The molecular formula is C19H13FN6O. The number of hydrogen-bond donors (Lipinski definition) is 1. The number of rotatable bonds is 3. The van der Waals surface area contributed by atoms with Crippen LogP contribution >= 0.6 is 0 Å². The summed E-state index contributed by atoms with van der Waals surface area (Å²) in [6.45, 7) is 0. The first kappa shape index (κ1) is 16.5. The van der Waals surface area contributed by atoms with Crippen molar-refractivity contribution in [3.63, 3.8) is 0 Å². The number of anilines is 1. The number of benzene rings is 1. The number of aromatic nitrogens is 4. The zero-order valence-electron chi connectivity index (χ0n) is 14.2. The number of ether oxygens (including phenoxy) is 1. The highest BCUT2D eigenvalue weighted by Gasteiger charge is 2.15. The predicted octanol–water partition coefficient (Wildman–Crippen LogP) is 3.06. The van der Waals surface area contributed by atoms with Crippen LogP contribution in [0.5, 0.6) is 5.75 Å². The third-order valence-electron chi connectivity index (χ3n) is 4.20. The van der Waals surface area contributed by atoms with E-state index in [9.17, 15) is 9.65 Å². The Morgan fingerprint density at radius 2 is 2.04 bits per heavy atom. The van der Waals surface area contributed by atoms with Gasteiger partial charge in [-0.05, 0) is 42.0 Å². The molecule has 0 radical (unpaired) electrons. The lowest BCUT2D eigenvalue weighted by atomic mass is 9.99. The van der Waals surface area contributed by atoms with E-state index in [4.69, 9.17) is 10.5 Å². The molecule has 4 rings (SSSR count). The first-order chi connectivity index (χ1) is 13.1. The van der Waals surface area contributed by atoms with E-state index < -0.39 is 5.82 Å². The Labute approximate surface area is 153 Å². The molecule has 0 atom stereocenters. The van der Waals surface area contributed by atoms with E-state index in [1.165, 1.54) is 25.6 Å². The molecule has 0 aliphatic heterocycles. The molecule has 4 aromatic rings. The predicted molar refractivity (Wildman–Crippen MR) is 97.3 cm³/mol. The van der Waals surface area contributed by atoms with Gasteiger partial charge in [0.15, 0.2) is 17.2 Å². The van der Waals surface area contributed by atoms with Gasteiger partial charge in [-0.2, -0.15) is 10.4 Å². The van der Waals surface area contributed by atoms with Crippen LogP contribution in [-0.2, 0) is 0 Å². The number of nitriles is 1. The van der Waals surface area contributed by atoms with Crippen molar-refractivity contribution in [2.75, 3.05) is 12.8 Å². The van der Waals surface area contributed by atoms with E-state index >= 15 is 0 Å². The van der Waals surface area contributed by atoms with Crippen LogP contribution in [0.1, 0.15) is 5.56 Å². The molecule has 3 heterocycles. The van der Waals surface area contributed by atoms with Crippen LogP contribution in [-0.4, -0.2) is 26.7 Å². The second kappa shape index (κ2) is 6.38. The fourth-order valence-electron chi connectivity index (χ4n) is 2.87. The van der Waals surface area contributed by atoms with Gasteiger partial charge in [0.1, 0.15) is 23.8 Å². The Bertz CT molecular complexity index is 1210. The van der Waals surface area contributed by atoms with Gasteiger partial charge in [-0.25, -0.2) is 18.9 Å². The molecule has 0 saturated carbocycles. The summed E-state index contributed by atoms with van der Waals surface area (Å²) in [5.74, 6) is -0.299. The molecule has 0 unspecified atom stereocenters. The molecule has 2 N–H and O–H groups in total. The maximum Gasteiger partial charge on any atom is 0.165 e. The minimum Gasteiger partial charge on any atom is -0.494 e. The largest absolute Gasteiger partial charge is 0.494 e. The molecule has 0 aliphatic carbocycles. The summed E-state index contributed by atoms with van der Waals surface area (Å²) < 4.78 is 20.6. The van der Waals surface area contributed by atoms with E-state index in [0.717, 1.165) is 5.56 Å². The van der Waals surface area contributed by atoms with Crippen LogP contribution in [0.2, 0.25) is 0 Å². The number of methoxy groups -OCH3 is 1. The molecule has 0 amide bonds. The lowest BCUT2D eigenvalue weighted by Gasteiger charge is -2.11. The van der Waals surface area contributed by atoms with Crippen LogP contribution in [0.15, 0.2) is 48.9 Å². The van der Waals surface area contributed by atoms with Crippen molar-refractivity contribution in [3.05, 3.63) is 60.3 Å². The SMILES string of the molecule is COc1ccc(-c2cc(-c3ccn4ncnc4c3)c(C#N)c(N)n2)cc1F. The zero-order valence-corrected chi connectivity index (χ0v) is 14.2. The average Bonchev–Trinajstić information content (AvgIpc) is 3.15. The van der Waals surface area contributed by atoms with Gasteiger partial charge in [-0.15, -0.1) is 0 Å². The zero-order chi connectivity index (χ0) is 19.0. The Kier molecular flexibility index (Phi) is 3.90. The van der Waals surface area contributed by atoms with Crippen LogP contribution < -0.4 is 10.5 Å².